The molecule has 0 heterocycles. The van der Waals surface area contributed by atoms with Gasteiger partial charge in [0.1, 0.15) is 12.4 Å². The molecule has 0 saturated carbocycles. The normalized spacial score (nSPS) is 12.6. The molecule has 3 rings (SSSR count). The first kappa shape index (κ1) is 22.1. The molecule has 0 unspecified atom stereocenters. The zero-order chi connectivity index (χ0) is 22.2. The van der Waals surface area contributed by atoms with E-state index in [1.807, 2.05) is 60.7 Å². The molecule has 1 amide bonds. The second-order valence-electron chi connectivity index (χ2n) is 7.26. The SMILES string of the molecule is Cc1c(O)cccc1C(=O)N[C@@H](Cc1ccccc1)[C@H](O)C(=O)OCc1ccccc1. The number of carbonyl (C=O) groups excluding carboxylic acids is 2. The molecule has 0 aliphatic carbocycles. The number of hydrogen-bond donors (Lipinski definition) is 3. The maximum Gasteiger partial charge on any atom is 0.337 e. The third-order valence-electron chi connectivity index (χ3n) is 5.01. The van der Waals surface area contributed by atoms with Gasteiger partial charge >= 0.3 is 5.97 Å². The molecule has 0 aromatic heterocycles. The number of phenols is 1. The number of nitrogens with one attached hydrogen (secondary N) is 1. The van der Waals surface area contributed by atoms with Gasteiger partial charge < -0.3 is 20.3 Å². The smallest absolute Gasteiger partial charge is 0.337 e. The lowest BCUT2D eigenvalue weighted by atomic mass is 10.00. The van der Waals surface area contributed by atoms with Crippen LogP contribution in [-0.2, 0) is 22.6 Å². The number of amides is 1. The van der Waals surface area contributed by atoms with Gasteiger partial charge in [0, 0.05) is 11.1 Å². The van der Waals surface area contributed by atoms with Crippen molar-refractivity contribution in [1.82, 2.24) is 5.32 Å². The summed E-state index contributed by atoms with van der Waals surface area (Å²) in [5.74, 6) is -1.32. The fraction of sp³-hybridized carbons (Fsp3) is 0.200. The van der Waals surface area contributed by atoms with Crippen molar-refractivity contribution < 1.29 is 24.5 Å². The lowest BCUT2D eigenvalue weighted by Crippen LogP contribution is -2.49. The van der Waals surface area contributed by atoms with Gasteiger partial charge in [-0.15, -0.1) is 0 Å². The summed E-state index contributed by atoms with van der Waals surface area (Å²) in [5, 5.41) is 23.3. The molecule has 0 saturated heterocycles. The van der Waals surface area contributed by atoms with Crippen LogP contribution < -0.4 is 5.32 Å². The highest BCUT2D eigenvalue weighted by Gasteiger charge is 2.30. The summed E-state index contributed by atoms with van der Waals surface area (Å²) < 4.78 is 5.26. The van der Waals surface area contributed by atoms with E-state index in [1.54, 1.807) is 19.1 Å². The van der Waals surface area contributed by atoms with E-state index in [1.165, 1.54) is 6.07 Å². The second-order valence-corrected chi connectivity index (χ2v) is 7.26. The summed E-state index contributed by atoms with van der Waals surface area (Å²) >= 11 is 0. The molecule has 0 aliphatic heterocycles. The molecule has 0 fully saturated rings. The van der Waals surface area contributed by atoms with Crippen LogP contribution in [0.25, 0.3) is 0 Å². The average Bonchev–Trinajstić information content (AvgIpc) is 2.79. The van der Waals surface area contributed by atoms with Crippen molar-refractivity contribution in [2.24, 2.45) is 0 Å². The van der Waals surface area contributed by atoms with E-state index in [0.29, 0.717) is 5.56 Å². The number of carbonyl (C=O) groups is 2. The van der Waals surface area contributed by atoms with Crippen LogP contribution in [0.5, 0.6) is 5.75 Å². The molecule has 160 valence electrons. The summed E-state index contributed by atoms with van der Waals surface area (Å²) in [6, 6.07) is 22.1. The first-order valence-electron chi connectivity index (χ1n) is 9.97. The minimum atomic E-state index is -1.56. The van der Waals surface area contributed by atoms with Crippen molar-refractivity contribution in [3.63, 3.8) is 0 Å². The van der Waals surface area contributed by atoms with Crippen LogP contribution in [0, 0.1) is 6.92 Å². The van der Waals surface area contributed by atoms with Gasteiger partial charge in [0.2, 0.25) is 0 Å². The van der Waals surface area contributed by atoms with Gasteiger partial charge in [-0.3, -0.25) is 4.79 Å². The fourth-order valence-corrected chi connectivity index (χ4v) is 3.20. The molecule has 0 bridgehead atoms. The zero-order valence-corrected chi connectivity index (χ0v) is 17.2. The summed E-state index contributed by atoms with van der Waals surface area (Å²) in [5.41, 5.74) is 2.32. The molecule has 0 radical (unpaired) electrons. The Morgan fingerprint density at radius 1 is 0.903 bits per heavy atom. The number of aliphatic hydroxyl groups is 1. The first-order chi connectivity index (χ1) is 15.0. The van der Waals surface area contributed by atoms with Crippen molar-refractivity contribution in [2.75, 3.05) is 0 Å². The van der Waals surface area contributed by atoms with Crippen LogP contribution >= 0.6 is 0 Å². The van der Waals surface area contributed by atoms with Gasteiger partial charge in [-0.1, -0.05) is 66.7 Å². The summed E-state index contributed by atoms with van der Waals surface area (Å²) in [7, 11) is 0. The molecular weight excluding hydrogens is 394 g/mol. The van der Waals surface area contributed by atoms with E-state index in [-0.39, 0.29) is 24.3 Å². The Labute approximate surface area is 181 Å². The Balaban J connectivity index is 1.75. The summed E-state index contributed by atoms with van der Waals surface area (Å²) in [4.78, 5) is 25.4. The van der Waals surface area contributed by atoms with Crippen LogP contribution in [0.15, 0.2) is 78.9 Å². The van der Waals surface area contributed by atoms with Gasteiger partial charge in [0.25, 0.3) is 5.91 Å². The third-order valence-corrected chi connectivity index (χ3v) is 5.01. The second kappa shape index (κ2) is 10.4. The fourth-order valence-electron chi connectivity index (χ4n) is 3.20. The van der Waals surface area contributed by atoms with Crippen molar-refractivity contribution in [3.05, 3.63) is 101 Å². The predicted octanol–water partition coefficient (Wildman–Crippen LogP) is 3.15. The highest BCUT2D eigenvalue weighted by atomic mass is 16.5. The van der Waals surface area contributed by atoms with Crippen molar-refractivity contribution in [2.45, 2.75) is 32.1 Å². The Bertz CT molecular complexity index is 1020. The lowest BCUT2D eigenvalue weighted by Gasteiger charge is -2.24. The number of aromatic hydroxyl groups is 1. The van der Waals surface area contributed by atoms with Gasteiger partial charge in [-0.2, -0.15) is 0 Å². The van der Waals surface area contributed by atoms with Gasteiger partial charge in [0.05, 0.1) is 6.04 Å². The number of esters is 1. The first-order valence-corrected chi connectivity index (χ1v) is 9.97. The van der Waals surface area contributed by atoms with E-state index in [9.17, 15) is 19.8 Å². The number of aliphatic hydroxyl groups excluding tert-OH is 1. The number of hydrogen-bond acceptors (Lipinski definition) is 5. The Kier molecular flexibility index (Phi) is 7.40. The molecule has 3 aromatic carbocycles. The molecule has 0 aliphatic rings. The van der Waals surface area contributed by atoms with E-state index in [4.69, 9.17) is 4.74 Å². The molecule has 3 N–H and O–H groups in total. The Hall–Kier alpha value is -3.64. The van der Waals surface area contributed by atoms with Crippen LogP contribution in [0.3, 0.4) is 0 Å². The van der Waals surface area contributed by atoms with Crippen LogP contribution in [0.1, 0.15) is 27.0 Å². The number of rotatable bonds is 8. The van der Waals surface area contributed by atoms with E-state index in [0.717, 1.165) is 11.1 Å². The molecule has 6 heteroatoms. The molecule has 3 aromatic rings. The van der Waals surface area contributed by atoms with Crippen molar-refractivity contribution in [3.8, 4) is 5.75 Å². The molecular formula is C25H25NO5. The Morgan fingerprint density at radius 3 is 2.16 bits per heavy atom. The summed E-state index contributed by atoms with van der Waals surface area (Å²) in [6.45, 7) is 1.65. The van der Waals surface area contributed by atoms with Gasteiger partial charge in [0.15, 0.2) is 6.10 Å². The maximum atomic E-state index is 12.8. The predicted molar refractivity (Wildman–Crippen MR) is 116 cm³/mol. The average molecular weight is 419 g/mol. The monoisotopic (exact) mass is 419 g/mol. The minimum Gasteiger partial charge on any atom is -0.508 e. The van der Waals surface area contributed by atoms with E-state index < -0.39 is 24.0 Å². The quantitative estimate of drug-likeness (QED) is 0.488. The molecule has 2 atom stereocenters. The molecule has 31 heavy (non-hydrogen) atoms. The van der Waals surface area contributed by atoms with Crippen LogP contribution in [0.2, 0.25) is 0 Å². The van der Waals surface area contributed by atoms with Gasteiger partial charge in [-0.25, -0.2) is 4.79 Å². The summed E-state index contributed by atoms with van der Waals surface area (Å²) in [6.07, 6.45) is -1.34. The highest BCUT2D eigenvalue weighted by molar-refractivity contribution is 5.96. The number of phenolic OH excluding ortho intramolecular Hbond substituents is 1. The van der Waals surface area contributed by atoms with Crippen LogP contribution in [0.4, 0.5) is 0 Å². The van der Waals surface area contributed by atoms with Crippen molar-refractivity contribution >= 4 is 11.9 Å². The number of ether oxygens (including phenoxy) is 1. The van der Waals surface area contributed by atoms with E-state index >= 15 is 0 Å². The minimum absolute atomic E-state index is 0.00456. The van der Waals surface area contributed by atoms with Crippen LogP contribution in [-0.4, -0.2) is 34.2 Å². The largest absolute Gasteiger partial charge is 0.508 e. The standard InChI is InChI=1S/C25H25NO5/c1-17-20(13-8-14-22(17)27)24(29)26-21(15-18-9-4-2-5-10-18)23(28)25(30)31-16-19-11-6-3-7-12-19/h2-14,21,23,27-28H,15-16H2,1H3,(H,26,29)/t21-,23-/m0/s1. The highest BCUT2D eigenvalue weighted by Crippen LogP contribution is 2.20. The Morgan fingerprint density at radius 2 is 1.52 bits per heavy atom. The topological polar surface area (TPSA) is 95.9 Å². The molecule has 0 spiro atoms. The lowest BCUT2D eigenvalue weighted by molar-refractivity contribution is -0.156. The van der Waals surface area contributed by atoms with Gasteiger partial charge in [-0.05, 0) is 36.6 Å². The zero-order valence-electron chi connectivity index (χ0n) is 17.2. The molecule has 6 nitrogen and oxygen atoms in total. The third kappa shape index (κ3) is 5.93. The number of benzene rings is 3. The van der Waals surface area contributed by atoms with Crippen molar-refractivity contribution in [1.29, 1.82) is 0 Å². The maximum absolute atomic E-state index is 12.8. The van der Waals surface area contributed by atoms with E-state index in [2.05, 4.69) is 5.32 Å².